The number of hydrogen-bond acceptors (Lipinski definition) is 8. The number of carbonyl (C=O) groups excluding carboxylic acids is 4. The highest BCUT2D eigenvalue weighted by Gasteiger charge is 2.33. The number of rotatable bonds is 11. The molecule has 0 saturated carbocycles. The molecule has 0 saturated heterocycles. The van der Waals surface area contributed by atoms with Crippen molar-refractivity contribution in [1.29, 1.82) is 0 Å². The normalized spacial score (nSPS) is 16.2. The summed E-state index contributed by atoms with van der Waals surface area (Å²) in [4.78, 5) is 57.8. The monoisotopic (exact) mass is 391 g/mol. The van der Waals surface area contributed by atoms with Gasteiger partial charge in [-0.05, 0) is 13.8 Å². The van der Waals surface area contributed by atoms with Crippen LogP contribution < -0.4 is 27.4 Å². The van der Waals surface area contributed by atoms with E-state index >= 15 is 0 Å². The molecule has 10 N–H and O–H groups in total. The van der Waals surface area contributed by atoms with Crippen LogP contribution in [0.15, 0.2) is 0 Å². The number of nitrogens with one attached hydrogen (secondary N) is 3. The lowest BCUT2D eigenvalue weighted by molar-refractivity contribution is -0.144. The van der Waals surface area contributed by atoms with Crippen molar-refractivity contribution in [3.63, 3.8) is 0 Å². The SMILES string of the molecule is CC(O)C(NC(=O)CN)C(=O)NC(C(=O)NC(CC(N)=O)C(=O)O)C(C)O. The Balaban J connectivity index is 5.27. The number of carboxylic acid groups (broad SMARTS) is 1. The van der Waals surface area contributed by atoms with Crippen LogP contribution in [-0.2, 0) is 24.0 Å². The third-order valence-electron chi connectivity index (χ3n) is 3.35. The first-order valence-corrected chi connectivity index (χ1v) is 7.88. The van der Waals surface area contributed by atoms with Gasteiger partial charge in [-0.2, -0.15) is 0 Å². The minimum atomic E-state index is -1.67. The molecule has 5 atom stereocenters. The Labute approximate surface area is 154 Å². The molecule has 0 aliphatic rings. The van der Waals surface area contributed by atoms with Gasteiger partial charge in [0.25, 0.3) is 0 Å². The van der Waals surface area contributed by atoms with Crippen LogP contribution in [0, 0.1) is 0 Å². The number of nitrogens with two attached hydrogens (primary N) is 2. The second-order valence-corrected chi connectivity index (χ2v) is 5.79. The first kappa shape index (κ1) is 24.2. The first-order valence-electron chi connectivity index (χ1n) is 7.88. The number of aliphatic hydroxyl groups is 2. The molecule has 0 heterocycles. The van der Waals surface area contributed by atoms with Crippen molar-refractivity contribution in [1.82, 2.24) is 16.0 Å². The summed E-state index contributed by atoms with van der Waals surface area (Å²) in [5.74, 6) is -5.41. The molecule has 27 heavy (non-hydrogen) atoms. The number of amides is 4. The van der Waals surface area contributed by atoms with Crippen LogP contribution in [0.1, 0.15) is 20.3 Å². The van der Waals surface area contributed by atoms with Crippen LogP contribution in [0.2, 0.25) is 0 Å². The number of carboxylic acids is 1. The third kappa shape index (κ3) is 8.44. The fraction of sp³-hybridized carbons (Fsp3) is 0.643. The fourth-order valence-corrected chi connectivity index (χ4v) is 1.95. The predicted molar refractivity (Wildman–Crippen MR) is 89.7 cm³/mol. The fourth-order valence-electron chi connectivity index (χ4n) is 1.95. The Bertz CT molecular complexity index is 580. The molecule has 0 aromatic heterocycles. The van der Waals surface area contributed by atoms with Crippen molar-refractivity contribution < 1.29 is 39.3 Å². The standard InChI is InChI=1S/C14H25N5O8/c1-5(20)10(18-9(23)4-15)13(25)19-11(6(2)21)12(24)17-7(14(26)27)3-8(16)22/h5-7,10-11,20-21H,3-4,15H2,1-2H3,(H2,16,22)(H,17,24)(H,18,23)(H,19,25)(H,26,27). The highest BCUT2D eigenvalue weighted by molar-refractivity contribution is 5.95. The average Bonchev–Trinajstić information content (AvgIpc) is 2.54. The second kappa shape index (κ2) is 11.1. The molecule has 0 rings (SSSR count). The van der Waals surface area contributed by atoms with Crippen molar-refractivity contribution in [2.75, 3.05) is 6.54 Å². The molecule has 0 aliphatic carbocycles. The maximum atomic E-state index is 12.2. The molecule has 0 fully saturated rings. The van der Waals surface area contributed by atoms with Crippen molar-refractivity contribution >= 4 is 29.6 Å². The summed E-state index contributed by atoms with van der Waals surface area (Å²) in [5, 5.41) is 34.6. The summed E-state index contributed by atoms with van der Waals surface area (Å²) in [5.41, 5.74) is 10.0. The van der Waals surface area contributed by atoms with Crippen LogP contribution in [-0.4, -0.2) is 81.8 Å². The van der Waals surface area contributed by atoms with E-state index in [1.54, 1.807) is 0 Å². The molecular formula is C14H25N5O8. The minimum Gasteiger partial charge on any atom is -0.480 e. The largest absolute Gasteiger partial charge is 0.480 e. The van der Waals surface area contributed by atoms with Crippen LogP contribution in [0.3, 0.4) is 0 Å². The molecule has 0 aliphatic heterocycles. The summed E-state index contributed by atoms with van der Waals surface area (Å²) in [6.07, 6.45) is -3.54. The Hall–Kier alpha value is -2.77. The quantitative estimate of drug-likeness (QED) is 0.168. The molecule has 0 aromatic rings. The van der Waals surface area contributed by atoms with Gasteiger partial charge in [-0.3, -0.25) is 19.2 Å². The Morgan fingerprint density at radius 2 is 1.33 bits per heavy atom. The van der Waals surface area contributed by atoms with Crippen LogP contribution >= 0.6 is 0 Å². The van der Waals surface area contributed by atoms with E-state index in [1.165, 1.54) is 6.92 Å². The van der Waals surface area contributed by atoms with Crippen LogP contribution in [0.4, 0.5) is 0 Å². The van der Waals surface area contributed by atoms with Gasteiger partial charge in [-0.25, -0.2) is 4.79 Å². The Kier molecular flexibility index (Phi) is 9.92. The highest BCUT2D eigenvalue weighted by Crippen LogP contribution is 2.01. The topological polar surface area (TPSA) is 234 Å². The predicted octanol–water partition coefficient (Wildman–Crippen LogP) is -4.88. The van der Waals surface area contributed by atoms with E-state index in [1.807, 2.05) is 5.32 Å². The number of hydrogen-bond donors (Lipinski definition) is 8. The highest BCUT2D eigenvalue weighted by atomic mass is 16.4. The van der Waals surface area contributed by atoms with Gasteiger partial charge in [-0.15, -0.1) is 0 Å². The van der Waals surface area contributed by atoms with E-state index in [-0.39, 0.29) is 0 Å². The number of primary amides is 1. The second-order valence-electron chi connectivity index (χ2n) is 5.79. The number of aliphatic carboxylic acids is 1. The van der Waals surface area contributed by atoms with E-state index in [9.17, 15) is 34.2 Å². The summed E-state index contributed by atoms with van der Waals surface area (Å²) >= 11 is 0. The van der Waals surface area contributed by atoms with Gasteiger partial charge in [0.05, 0.1) is 25.2 Å². The van der Waals surface area contributed by atoms with Gasteiger partial charge in [0.15, 0.2) is 0 Å². The summed E-state index contributed by atoms with van der Waals surface area (Å²) in [6, 6.07) is -4.78. The van der Waals surface area contributed by atoms with Crippen molar-refractivity contribution in [3.05, 3.63) is 0 Å². The lowest BCUT2D eigenvalue weighted by Gasteiger charge is -2.26. The van der Waals surface area contributed by atoms with Gasteiger partial charge in [-0.1, -0.05) is 0 Å². The van der Waals surface area contributed by atoms with Crippen LogP contribution in [0.5, 0.6) is 0 Å². The zero-order valence-corrected chi connectivity index (χ0v) is 14.8. The molecular weight excluding hydrogens is 366 g/mol. The van der Waals surface area contributed by atoms with Crippen molar-refractivity contribution in [2.45, 2.75) is 50.6 Å². The first-order chi connectivity index (χ1) is 12.4. The Morgan fingerprint density at radius 1 is 0.889 bits per heavy atom. The van der Waals surface area contributed by atoms with E-state index in [0.29, 0.717) is 0 Å². The van der Waals surface area contributed by atoms with E-state index in [2.05, 4.69) is 10.6 Å². The number of aliphatic hydroxyl groups excluding tert-OH is 2. The van der Waals surface area contributed by atoms with Gasteiger partial charge >= 0.3 is 5.97 Å². The summed E-state index contributed by atoms with van der Waals surface area (Å²) < 4.78 is 0. The average molecular weight is 391 g/mol. The molecule has 0 radical (unpaired) electrons. The maximum absolute atomic E-state index is 12.2. The molecule has 0 spiro atoms. The van der Waals surface area contributed by atoms with Crippen molar-refractivity contribution in [3.8, 4) is 0 Å². The van der Waals surface area contributed by atoms with E-state index < -0.39 is 72.9 Å². The molecule has 0 bridgehead atoms. The molecule has 13 nitrogen and oxygen atoms in total. The van der Waals surface area contributed by atoms with Crippen molar-refractivity contribution in [2.24, 2.45) is 11.5 Å². The van der Waals surface area contributed by atoms with Gasteiger partial charge in [0.2, 0.25) is 23.6 Å². The summed E-state index contributed by atoms with van der Waals surface area (Å²) in [7, 11) is 0. The Morgan fingerprint density at radius 3 is 1.70 bits per heavy atom. The zero-order valence-electron chi connectivity index (χ0n) is 14.8. The maximum Gasteiger partial charge on any atom is 0.326 e. The molecule has 13 heteroatoms. The number of carbonyl (C=O) groups is 5. The van der Waals surface area contributed by atoms with E-state index in [4.69, 9.17) is 16.6 Å². The minimum absolute atomic E-state index is 0.454. The molecule has 5 unspecified atom stereocenters. The van der Waals surface area contributed by atoms with Gasteiger partial charge < -0.3 is 42.7 Å². The van der Waals surface area contributed by atoms with Crippen LogP contribution in [0.25, 0.3) is 0 Å². The van der Waals surface area contributed by atoms with Gasteiger partial charge in [0, 0.05) is 0 Å². The third-order valence-corrected chi connectivity index (χ3v) is 3.35. The molecule has 0 aromatic carbocycles. The molecule has 154 valence electrons. The summed E-state index contributed by atoms with van der Waals surface area (Å²) in [6.45, 7) is 1.89. The lowest BCUT2D eigenvalue weighted by atomic mass is 10.1. The zero-order chi connectivity index (χ0) is 21.3. The molecule has 4 amide bonds. The van der Waals surface area contributed by atoms with E-state index in [0.717, 1.165) is 6.92 Å². The van der Waals surface area contributed by atoms with Gasteiger partial charge in [0.1, 0.15) is 18.1 Å². The lowest BCUT2D eigenvalue weighted by Crippen LogP contribution is -2.61. The smallest absolute Gasteiger partial charge is 0.326 e.